The Kier molecular flexibility index (Phi) is 35.8. The second-order valence-corrected chi connectivity index (χ2v) is 35.9. The summed E-state index contributed by atoms with van der Waals surface area (Å²) in [4.78, 5) is 62.0. The first-order valence-electron chi connectivity index (χ1n) is 37.2. The van der Waals surface area contributed by atoms with Gasteiger partial charge >= 0.3 is 11.9 Å². The molecular weight excluding hydrogens is 1620 g/mol. The van der Waals surface area contributed by atoms with E-state index in [1.165, 1.54) is 24.3 Å². The summed E-state index contributed by atoms with van der Waals surface area (Å²) in [5.74, 6) is 7.93. The number of hydrogen-bond donors (Lipinski definition) is 11. The van der Waals surface area contributed by atoms with E-state index in [9.17, 15) is 88.9 Å². The maximum atomic E-state index is 13.6. The molecular formula is C71H108N11O26S6+. The molecule has 0 radical (unpaired) electrons. The Morgan fingerprint density at radius 1 is 0.588 bits per heavy atom. The number of fused-ring (bicyclic) bond motifs is 6. The molecule has 0 saturated carbocycles. The molecule has 3 aliphatic heterocycles. The molecule has 15 N–H and O–H groups in total. The number of hydrogen-bond acceptors (Lipinski definition) is 27. The maximum Gasteiger partial charge on any atom is 0.345 e. The van der Waals surface area contributed by atoms with Crippen molar-refractivity contribution in [2.24, 2.45) is 23.3 Å². The van der Waals surface area contributed by atoms with Crippen molar-refractivity contribution in [1.29, 1.82) is 0 Å². The molecule has 1 amide bonds. The van der Waals surface area contributed by atoms with E-state index in [1.807, 2.05) is 56.2 Å². The topological polar surface area (TPSA) is 545 Å². The van der Waals surface area contributed by atoms with Crippen molar-refractivity contribution in [3.05, 3.63) is 95.7 Å². The van der Waals surface area contributed by atoms with Gasteiger partial charge in [0.15, 0.2) is 17.8 Å². The number of benzene rings is 4. The summed E-state index contributed by atoms with van der Waals surface area (Å²) in [7, 11) is -20.2. The third-order valence-electron chi connectivity index (χ3n) is 20.1. The van der Waals surface area contributed by atoms with Gasteiger partial charge in [-0.2, -0.15) is 50.0 Å². The number of carbonyl (C=O) groups excluding carboxylic acids is 3. The van der Waals surface area contributed by atoms with Crippen LogP contribution >= 0.6 is 0 Å². The molecule has 0 aromatic heterocycles. The van der Waals surface area contributed by atoms with Crippen LogP contribution in [0.25, 0.3) is 21.5 Å². The lowest BCUT2D eigenvalue weighted by Gasteiger charge is -2.34. The van der Waals surface area contributed by atoms with Gasteiger partial charge in [0.2, 0.25) is 11.6 Å². The van der Waals surface area contributed by atoms with E-state index in [2.05, 4.69) is 19.5 Å². The molecule has 37 nitrogen and oxygen atoms in total. The number of nitrogens with zero attached hydrogens (tertiary/aromatic N) is 7. The minimum atomic E-state index is -5.07. The molecule has 0 aliphatic carbocycles. The Bertz CT molecular complexity index is 4680. The highest BCUT2D eigenvalue weighted by Gasteiger charge is 2.47. The maximum absolute atomic E-state index is 13.6. The van der Waals surface area contributed by atoms with Gasteiger partial charge in [-0.05, 0) is 157 Å². The second kappa shape index (κ2) is 43.0. The number of anilines is 1. The predicted octanol–water partition coefficient (Wildman–Crippen LogP) is 4.31. The van der Waals surface area contributed by atoms with Crippen LogP contribution in [-0.4, -0.2) is 263 Å². The summed E-state index contributed by atoms with van der Waals surface area (Å²) >= 11 is -5.42. The average molecular weight is 1720 g/mol. The van der Waals surface area contributed by atoms with Gasteiger partial charge in [0.1, 0.15) is 16.3 Å². The van der Waals surface area contributed by atoms with Crippen molar-refractivity contribution in [3.8, 4) is 0 Å². The van der Waals surface area contributed by atoms with Crippen LogP contribution in [0.5, 0.6) is 0 Å². The van der Waals surface area contributed by atoms with Gasteiger partial charge in [0.05, 0.1) is 61.0 Å². The number of hydroxylamine groups is 2. The highest BCUT2D eigenvalue weighted by atomic mass is 32.2. The van der Waals surface area contributed by atoms with E-state index in [0.717, 1.165) is 13.0 Å². The highest BCUT2D eigenvalue weighted by Crippen LogP contribution is 2.52. The number of nitrogens with two attached hydrogens (primary N) is 4. The van der Waals surface area contributed by atoms with Gasteiger partial charge in [0, 0.05) is 104 Å². The van der Waals surface area contributed by atoms with E-state index < -0.39 is 124 Å². The molecule has 114 heavy (non-hydrogen) atoms. The first-order valence-corrected chi connectivity index (χ1v) is 45.1. The lowest BCUT2D eigenvalue weighted by atomic mass is 9.79. The first kappa shape index (κ1) is 95.0. The molecule has 0 spiro atoms. The number of aliphatic hydroxyl groups excluding tert-OH is 1. The number of allylic oxidation sites excluding steroid dienone is 6. The number of piperazine rings is 1. The zero-order valence-electron chi connectivity index (χ0n) is 64.4. The van der Waals surface area contributed by atoms with Crippen LogP contribution in [0.2, 0.25) is 0 Å². The molecule has 638 valence electrons. The fourth-order valence-corrected chi connectivity index (χ4v) is 18.5. The molecule has 1 fully saturated rings. The van der Waals surface area contributed by atoms with Crippen LogP contribution in [0, 0.1) is 0 Å². The summed E-state index contributed by atoms with van der Waals surface area (Å²) in [6.45, 7) is 15.1. The smallest absolute Gasteiger partial charge is 0.345 e. The molecule has 43 heteroatoms. The second-order valence-electron chi connectivity index (χ2n) is 28.6. The standard InChI is InChI=1S/C71H107N11O26S6/c1-6-30-76(38-40-103-42-44-105-81(109(87)88)59(26-28-72)68(85)107-74)31-16-18-50(83)17-10-8-14-32-79-57-24-22-53-55(46-51(111(91,92)93)48-61(53)113(97,98)99)66(57)70(2,3)63(79)19-11-7-12-20-64-71(4,5)67-56-47-52(112(94,95)96)49-62(114(100,101)102)54(56)23-25-58(67)80(64)33-15-9-13-21-65(84)78-36-34-77(35-37-78)39-41-104-43-45-106-82(110(89)90)60(27-29-73)69(86)108-75/h7,11-12,19-20,22-25,46-50,59-60,83H,6,8-10,13-18,21,26-45,72-75H2,1-5H3,(H5-,87,88,89,90,91,92,93,94,95,96,97,98,99,100,101,102)/p+1/t50?,59-,60+/m0/s1. The van der Waals surface area contributed by atoms with Gasteiger partial charge in [-0.25, -0.2) is 18.0 Å². The largest absolute Gasteiger partial charge is 0.393 e. The van der Waals surface area contributed by atoms with E-state index in [4.69, 9.17) is 42.4 Å². The SMILES string of the molecule is CCCN(CCCC(O)CCCCCN1C(=CC=CC=CC2=[N+](CCCCCC(=O)N3CCN(CCOCCON([C@H](CCN)C(=O)ON)S(=O)O)CC3)c3ccc4c(S(=O)(=O)O)cc(S(=O)(=O)O)cc4c3C2(C)C)C(C)(C)c2c1ccc1c(S(=O)(=O)O)cc(S(=O)(=O)O)cc21)CCOCCON([C@@H](CCN)C(=O)ON)S(=O)O. The highest BCUT2D eigenvalue weighted by molar-refractivity contribution is 7.87. The van der Waals surface area contributed by atoms with Crippen molar-refractivity contribution < 1.29 is 122 Å². The van der Waals surface area contributed by atoms with Gasteiger partial charge in [-0.3, -0.25) is 46.7 Å². The zero-order valence-corrected chi connectivity index (χ0v) is 69.3. The van der Waals surface area contributed by atoms with Crippen LogP contribution in [-0.2, 0) is 117 Å². The van der Waals surface area contributed by atoms with Crippen molar-refractivity contribution in [1.82, 2.24) is 23.6 Å². The Morgan fingerprint density at radius 2 is 1.12 bits per heavy atom. The van der Waals surface area contributed by atoms with Crippen LogP contribution in [0.15, 0.2) is 104 Å². The van der Waals surface area contributed by atoms with Crippen molar-refractivity contribution in [3.63, 3.8) is 0 Å². The molecule has 7 rings (SSSR count). The van der Waals surface area contributed by atoms with Gasteiger partial charge in [-0.1, -0.05) is 66.8 Å². The van der Waals surface area contributed by atoms with Crippen LogP contribution in [0.4, 0.5) is 11.4 Å². The monoisotopic (exact) mass is 1720 g/mol. The summed E-state index contributed by atoms with van der Waals surface area (Å²) in [5, 5.41) is 11.5. The predicted molar refractivity (Wildman–Crippen MR) is 423 cm³/mol. The first-order chi connectivity index (χ1) is 53.8. The number of amides is 1. The average Bonchev–Trinajstić information content (AvgIpc) is 1.55. The van der Waals surface area contributed by atoms with Crippen molar-refractivity contribution >= 4 is 119 Å². The van der Waals surface area contributed by atoms with Crippen molar-refractivity contribution in [2.45, 2.75) is 167 Å². The van der Waals surface area contributed by atoms with E-state index in [-0.39, 0.29) is 92.8 Å². The molecule has 0 bridgehead atoms. The fourth-order valence-electron chi connectivity index (χ4n) is 14.7. The molecule has 4 aromatic carbocycles. The van der Waals surface area contributed by atoms with Gasteiger partial charge in [-0.15, -0.1) is 0 Å². The number of unbranched alkanes of at least 4 members (excludes halogenated alkanes) is 4. The third-order valence-corrected chi connectivity index (χ3v) is 24.9. The molecule has 3 heterocycles. The Balaban J connectivity index is 1.05. The molecule has 4 aromatic rings. The summed E-state index contributed by atoms with van der Waals surface area (Å²) in [6.07, 6.45) is 14.6. The Hall–Kier alpha value is -6.16. The van der Waals surface area contributed by atoms with E-state index in [1.54, 1.807) is 35.3 Å². The van der Waals surface area contributed by atoms with E-state index in [0.29, 0.717) is 178 Å². The number of rotatable bonds is 49. The zero-order chi connectivity index (χ0) is 84.1. The molecule has 3 unspecified atom stereocenters. The normalized spacial score (nSPS) is 17.3. The quantitative estimate of drug-likeness (QED) is 0.00732. The van der Waals surface area contributed by atoms with Gasteiger partial charge < -0.3 is 50.4 Å². The summed E-state index contributed by atoms with van der Waals surface area (Å²) < 4.78 is 202. The summed E-state index contributed by atoms with van der Waals surface area (Å²) in [6, 6.07) is 7.38. The van der Waals surface area contributed by atoms with Crippen LogP contribution < -0.4 is 28.2 Å². The van der Waals surface area contributed by atoms with Gasteiger partial charge in [0.25, 0.3) is 63.0 Å². The molecule has 3 aliphatic rings. The lowest BCUT2D eigenvalue weighted by Crippen LogP contribution is -2.49. The summed E-state index contributed by atoms with van der Waals surface area (Å²) in [5.41, 5.74) is 12.5. The Morgan fingerprint density at radius 3 is 1.65 bits per heavy atom. The Labute approximate surface area is 670 Å². The minimum absolute atomic E-state index is 0.00346. The number of carbonyl (C=O) groups is 3. The van der Waals surface area contributed by atoms with E-state index >= 15 is 0 Å². The number of ether oxygens (including phenoxy) is 2. The van der Waals surface area contributed by atoms with Crippen LogP contribution in [0.3, 0.4) is 0 Å². The van der Waals surface area contributed by atoms with Crippen molar-refractivity contribution in [2.75, 3.05) is 123 Å². The fraction of sp³-hybridized carbons (Fsp3) is 0.577. The lowest BCUT2D eigenvalue weighted by molar-refractivity contribution is -0.438. The van der Waals surface area contributed by atoms with Crippen LogP contribution in [0.1, 0.15) is 129 Å². The minimum Gasteiger partial charge on any atom is -0.393 e. The molecule has 1 saturated heterocycles. The molecule has 5 atom stereocenters. The number of aliphatic hydroxyl groups is 1. The third kappa shape index (κ3) is 25.2.